The number of rotatable bonds is 6. The number of amides is 1. The first kappa shape index (κ1) is 19.6. The summed E-state index contributed by atoms with van der Waals surface area (Å²) >= 11 is 0. The average Bonchev–Trinajstić information content (AvgIpc) is 3.37. The minimum absolute atomic E-state index is 0.103. The third-order valence-corrected chi connectivity index (χ3v) is 5.15. The molecule has 1 aromatic heterocycles. The maximum atomic E-state index is 14.7. The number of hydrogen-bond donors (Lipinski definition) is 2. The molecule has 1 amide bonds. The minimum Gasteiger partial charge on any atom is -0.507 e. The monoisotopic (exact) mass is 405 g/mol. The van der Waals surface area contributed by atoms with Gasteiger partial charge in [0.05, 0.1) is 11.6 Å². The molecule has 0 bridgehead atoms. The van der Waals surface area contributed by atoms with Gasteiger partial charge in [-0.25, -0.2) is 9.37 Å². The summed E-state index contributed by atoms with van der Waals surface area (Å²) in [7, 11) is 0. The summed E-state index contributed by atoms with van der Waals surface area (Å²) in [4.78, 5) is 34.2. The van der Waals surface area contributed by atoms with Gasteiger partial charge in [-0.15, -0.1) is 0 Å². The largest absolute Gasteiger partial charge is 0.507 e. The number of halogens is 1. The number of Topliss-reactive ketones (excluding diaryl/α,β-unsaturated/α-hetero) is 1. The summed E-state index contributed by atoms with van der Waals surface area (Å²) in [5, 5.41) is 10.9. The smallest absolute Gasteiger partial charge is 0.295 e. The Morgan fingerprint density at radius 3 is 2.53 bits per heavy atom. The van der Waals surface area contributed by atoms with Gasteiger partial charge >= 0.3 is 0 Å². The average molecular weight is 405 g/mol. The molecular weight excluding hydrogens is 385 g/mol. The van der Waals surface area contributed by atoms with Crippen LogP contribution in [0.25, 0.3) is 5.76 Å². The lowest BCUT2D eigenvalue weighted by molar-refractivity contribution is -0.139. The number of ketones is 1. The molecule has 152 valence electrons. The molecule has 0 radical (unpaired) electrons. The number of hydrogen-bond acceptors (Lipinski definition) is 4. The molecule has 1 aliphatic heterocycles. The fourth-order valence-corrected chi connectivity index (χ4v) is 3.73. The Morgan fingerprint density at radius 2 is 1.83 bits per heavy atom. The van der Waals surface area contributed by atoms with Gasteiger partial charge in [0, 0.05) is 36.5 Å². The molecule has 2 N–H and O–H groups in total. The number of benzene rings is 2. The van der Waals surface area contributed by atoms with E-state index in [0.717, 1.165) is 5.82 Å². The molecule has 2 heterocycles. The van der Waals surface area contributed by atoms with Crippen LogP contribution in [-0.2, 0) is 16.0 Å². The van der Waals surface area contributed by atoms with Crippen LogP contribution in [0.2, 0.25) is 0 Å². The van der Waals surface area contributed by atoms with Crippen LogP contribution in [0.15, 0.2) is 72.6 Å². The van der Waals surface area contributed by atoms with E-state index in [1.807, 2.05) is 0 Å². The number of H-pyrrole nitrogens is 1. The summed E-state index contributed by atoms with van der Waals surface area (Å²) in [5.74, 6) is -1.66. The number of likely N-dealkylation sites (tertiary alicyclic amines) is 1. The van der Waals surface area contributed by atoms with Gasteiger partial charge in [-0.2, -0.15) is 0 Å². The molecule has 1 unspecified atom stereocenters. The number of nitrogens with zero attached hydrogens (tertiary/aromatic N) is 2. The van der Waals surface area contributed by atoms with E-state index >= 15 is 0 Å². The Balaban J connectivity index is 1.74. The second kappa shape index (κ2) is 8.32. The lowest BCUT2D eigenvalue weighted by Gasteiger charge is -2.25. The lowest BCUT2D eigenvalue weighted by Crippen LogP contribution is -2.31. The molecule has 0 spiro atoms. The van der Waals surface area contributed by atoms with Crippen molar-refractivity contribution in [3.8, 4) is 0 Å². The summed E-state index contributed by atoms with van der Waals surface area (Å²) in [6, 6.07) is 13.5. The zero-order valence-electron chi connectivity index (χ0n) is 16.1. The van der Waals surface area contributed by atoms with Crippen LogP contribution in [0.4, 0.5) is 4.39 Å². The summed E-state index contributed by atoms with van der Waals surface area (Å²) < 4.78 is 14.7. The number of carbonyl (C=O) groups excluding carboxylic acids is 2. The van der Waals surface area contributed by atoms with Crippen molar-refractivity contribution in [2.75, 3.05) is 6.54 Å². The number of aliphatic hydroxyl groups excluding tert-OH is 1. The zero-order chi connectivity index (χ0) is 21.1. The Morgan fingerprint density at radius 1 is 1.10 bits per heavy atom. The first-order valence-electron chi connectivity index (χ1n) is 9.64. The molecular formula is C23H20FN3O3. The highest BCUT2D eigenvalue weighted by molar-refractivity contribution is 6.46. The molecule has 1 atom stereocenters. The number of carbonyl (C=O) groups is 2. The van der Waals surface area contributed by atoms with Gasteiger partial charge in [-0.05, 0) is 12.5 Å². The van der Waals surface area contributed by atoms with Crippen molar-refractivity contribution in [1.82, 2.24) is 14.9 Å². The maximum Gasteiger partial charge on any atom is 0.295 e. The fourth-order valence-electron chi connectivity index (χ4n) is 3.73. The van der Waals surface area contributed by atoms with Crippen molar-refractivity contribution in [2.45, 2.75) is 18.9 Å². The fraction of sp³-hybridized carbons (Fsp3) is 0.174. The van der Waals surface area contributed by atoms with E-state index in [1.165, 1.54) is 17.0 Å². The van der Waals surface area contributed by atoms with Gasteiger partial charge in [0.25, 0.3) is 11.7 Å². The highest BCUT2D eigenvalue weighted by Gasteiger charge is 2.46. The molecule has 2 aromatic carbocycles. The Hall–Kier alpha value is -3.74. The second-order valence-electron chi connectivity index (χ2n) is 7.02. The van der Waals surface area contributed by atoms with E-state index in [9.17, 15) is 19.1 Å². The number of aromatic amines is 1. The van der Waals surface area contributed by atoms with Crippen LogP contribution in [0.3, 0.4) is 0 Å². The molecule has 4 rings (SSSR count). The highest BCUT2D eigenvalue weighted by Crippen LogP contribution is 2.40. The number of nitrogens with one attached hydrogen (secondary N) is 1. The van der Waals surface area contributed by atoms with E-state index in [4.69, 9.17) is 0 Å². The molecule has 30 heavy (non-hydrogen) atoms. The van der Waals surface area contributed by atoms with Crippen LogP contribution in [0, 0.1) is 5.82 Å². The van der Waals surface area contributed by atoms with Gasteiger partial charge in [-0.3, -0.25) is 9.59 Å². The van der Waals surface area contributed by atoms with E-state index in [-0.39, 0.29) is 23.4 Å². The van der Waals surface area contributed by atoms with E-state index < -0.39 is 23.5 Å². The molecule has 6 nitrogen and oxygen atoms in total. The molecule has 1 aliphatic rings. The number of aromatic nitrogens is 2. The van der Waals surface area contributed by atoms with Crippen LogP contribution in [-0.4, -0.2) is 38.2 Å². The molecule has 1 saturated heterocycles. The van der Waals surface area contributed by atoms with Crippen LogP contribution in [0.1, 0.15) is 29.4 Å². The number of imidazole rings is 1. The van der Waals surface area contributed by atoms with Crippen LogP contribution < -0.4 is 0 Å². The maximum absolute atomic E-state index is 14.7. The van der Waals surface area contributed by atoms with Crippen molar-refractivity contribution in [2.24, 2.45) is 0 Å². The quantitative estimate of drug-likeness (QED) is 0.373. The normalized spacial score (nSPS) is 18.2. The Labute approximate surface area is 172 Å². The van der Waals surface area contributed by atoms with Crippen LogP contribution >= 0.6 is 0 Å². The topological polar surface area (TPSA) is 86.3 Å². The molecule has 7 heteroatoms. The predicted octanol–water partition coefficient (Wildman–Crippen LogP) is 3.60. The lowest BCUT2D eigenvalue weighted by atomic mass is 9.95. The van der Waals surface area contributed by atoms with Gasteiger partial charge in [0.1, 0.15) is 17.4 Å². The van der Waals surface area contributed by atoms with E-state index in [1.54, 1.807) is 54.9 Å². The Bertz CT molecular complexity index is 1090. The first-order valence-corrected chi connectivity index (χ1v) is 9.64. The first-order chi connectivity index (χ1) is 14.6. The van der Waals surface area contributed by atoms with Crippen molar-refractivity contribution < 1.29 is 19.1 Å². The summed E-state index contributed by atoms with van der Waals surface area (Å²) in [6.07, 6.45) is 4.44. The third-order valence-electron chi connectivity index (χ3n) is 5.15. The summed E-state index contributed by atoms with van der Waals surface area (Å²) in [5.41, 5.74) is 0.467. The van der Waals surface area contributed by atoms with Gasteiger partial charge in [0.15, 0.2) is 0 Å². The molecule has 3 aromatic rings. The number of aryl methyl sites for hydroxylation is 1. The minimum atomic E-state index is -0.997. The molecule has 1 fully saturated rings. The standard InChI is InChI=1S/C23H20FN3O3/c24-17-10-5-4-9-16(17)20-19(21(28)15-7-2-1-3-8-15)22(29)23(30)27(20)14-6-11-18-25-12-13-26-18/h1-5,7-10,12-13,20,28H,6,11,14H2,(H,25,26)/b21-19+. The van der Waals surface area contributed by atoms with Gasteiger partial charge in [-0.1, -0.05) is 48.5 Å². The molecule has 0 saturated carbocycles. The van der Waals surface area contributed by atoms with Crippen LogP contribution in [0.5, 0.6) is 0 Å². The van der Waals surface area contributed by atoms with Crippen molar-refractivity contribution in [3.05, 3.63) is 95.3 Å². The van der Waals surface area contributed by atoms with E-state index in [0.29, 0.717) is 18.4 Å². The number of aliphatic hydroxyl groups is 1. The zero-order valence-corrected chi connectivity index (χ0v) is 16.1. The van der Waals surface area contributed by atoms with E-state index in [2.05, 4.69) is 9.97 Å². The third kappa shape index (κ3) is 3.61. The van der Waals surface area contributed by atoms with Crippen molar-refractivity contribution in [1.29, 1.82) is 0 Å². The van der Waals surface area contributed by atoms with Crippen molar-refractivity contribution >= 4 is 17.4 Å². The van der Waals surface area contributed by atoms with Crippen molar-refractivity contribution in [3.63, 3.8) is 0 Å². The SMILES string of the molecule is O=C1C(=O)N(CCCc2ncc[nH]2)C(c2ccccc2F)/C1=C(\O)c1ccccc1. The summed E-state index contributed by atoms with van der Waals surface area (Å²) in [6.45, 7) is 0.218. The predicted molar refractivity (Wildman–Crippen MR) is 109 cm³/mol. The molecule has 0 aliphatic carbocycles. The van der Waals surface area contributed by atoms with Gasteiger partial charge in [0.2, 0.25) is 0 Å². The Kier molecular flexibility index (Phi) is 5.43. The highest BCUT2D eigenvalue weighted by atomic mass is 19.1. The second-order valence-corrected chi connectivity index (χ2v) is 7.02. The van der Waals surface area contributed by atoms with Gasteiger partial charge < -0.3 is 15.0 Å².